The monoisotopic (exact) mass is 774 g/mol. The average molecular weight is 775 g/mol. The second-order valence-corrected chi connectivity index (χ2v) is 16.0. The van der Waals surface area contributed by atoms with Crippen LogP contribution in [0.1, 0.15) is 25.0 Å². The minimum Gasteiger partial charge on any atom is -0.310 e. The van der Waals surface area contributed by atoms with E-state index in [4.69, 9.17) is 4.98 Å². The molecule has 0 N–H and O–H groups in total. The maximum Gasteiger partial charge on any atom is 0.267 e. The van der Waals surface area contributed by atoms with Gasteiger partial charge in [-0.2, -0.15) is 0 Å². The molecule has 0 unspecified atom stereocenters. The van der Waals surface area contributed by atoms with Crippen LogP contribution in [0.15, 0.2) is 204 Å². The highest BCUT2D eigenvalue weighted by atomic mass is 16.1. The van der Waals surface area contributed by atoms with E-state index in [9.17, 15) is 9.59 Å². The lowest BCUT2D eigenvalue weighted by molar-refractivity contribution is 0.660. The molecule has 0 amide bonds. The minimum absolute atomic E-state index is 0.134. The zero-order chi connectivity index (χ0) is 40.5. The predicted molar refractivity (Wildman–Crippen MR) is 245 cm³/mol. The van der Waals surface area contributed by atoms with Crippen molar-refractivity contribution < 1.29 is 0 Å². The number of fused-ring (bicyclic) bond motifs is 7. The molecule has 10 aromatic rings. The Morgan fingerprint density at radius 1 is 0.467 bits per heavy atom. The van der Waals surface area contributed by atoms with Crippen LogP contribution in [0.25, 0.3) is 66.7 Å². The van der Waals surface area contributed by atoms with Gasteiger partial charge in [0.05, 0.1) is 27.5 Å². The molecule has 0 aliphatic heterocycles. The number of anilines is 3. The highest BCUT2D eigenvalue weighted by Crippen LogP contribution is 2.50. The topological polar surface area (TPSA) is 59.6 Å². The van der Waals surface area contributed by atoms with Crippen molar-refractivity contribution in [1.82, 2.24) is 14.0 Å². The van der Waals surface area contributed by atoms with E-state index in [0.29, 0.717) is 27.5 Å². The first-order valence-corrected chi connectivity index (χ1v) is 20.2. The van der Waals surface area contributed by atoms with E-state index < -0.39 is 0 Å². The van der Waals surface area contributed by atoms with Crippen molar-refractivity contribution in [2.75, 3.05) is 4.90 Å². The molecule has 60 heavy (non-hydrogen) atoms. The van der Waals surface area contributed by atoms with Crippen LogP contribution in [0.2, 0.25) is 0 Å². The Labute approximate surface area is 346 Å². The number of rotatable bonds is 6. The third-order valence-corrected chi connectivity index (χ3v) is 12.2. The zero-order valence-corrected chi connectivity index (χ0v) is 33.1. The Kier molecular flexibility index (Phi) is 8.03. The number of hydrogen-bond donors (Lipinski definition) is 0. The summed E-state index contributed by atoms with van der Waals surface area (Å²) < 4.78 is 3.09. The Balaban J connectivity index is 0.986. The van der Waals surface area contributed by atoms with E-state index in [1.165, 1.54) is 33.4 Å². The van der Waals surface area contributed by atoms with Crippen LogP contribution in [0.3, 0.4) is 0 Å². The Bertz CT molecular complexity index is 3420. The summed E-state index contributed by atoms with van der Waals surface area (Å²) in [5, 5.41) is 0.942. The summed E-state index contributed by atoms with van der Waals surface area (Å²) in [6, 6.07) is 65.8. The number of aromatic nitrogens is 3. The second kappa shape index (κ2) is 13.6. The van der Waals surface area contributed by atoms with Gasteiger partial charge in [0.1, 0.15) is 0 Å². The van der Waals surface area contributed by atoms with E-state index in [0.717, 1.165) is 28.2 Å². The van der Waals surface area contributed by atoms with Crippen molar-refractivity contribution in [2.45, 2.75) is 19.3 Å². The first-order valence-electron chi connectivity index (χ1n) is 20.2. The van der Waals surface area contributed by atoms with Gasteiger partial charge in [-0.25, -0.2) is 14.0 Å². The van der Waals surface area contributed by atoms with Crippen LogP contribution in [0.4, 0.5) is 17.1 Å². The molecule has 0 saturated heterocycles. The van der Waals surface area contributed by atoms with Crippen LogP contribution in [0.5, 0.6) is 0 Å². The molecule has 0 atom stereocenters. The molecular weight excluding hydrogens is 737 g/mol. The standard InChI is InChI=1S/C54H38N4O2/c1-54(2)47-17-9-6-14-43(47)44-33-32-42(34-48(44)54)56(39-26-20-36(21-27-39)35-12-4-3-5-13-35)40-28-22-37(23-29-40)38-24-30-41(31-25-38)57-52(60)46-16-8-11-19-50(46)58-51(59)45-15-7-10-18-49(45)55-53(57)58/h3-34H,1-2H3. The van der Waals surface area contributed by atoms with E-state index in [-0.39, 0.29) is 22.3 Å². The van der Waals surface area contributed by atoms with Crippen molar-refractivity contribution in [3.63, 3.8) is 0 Å². The molecule has 6 nitrogen and oxygen atoms in total. The Morgan fingerprint density at radius 2 is 1.00 bits per heavy atom. The predicted octanol–water partition coefficient (Wildman–Crippen LogP) is 12.3. The fourth-order valence-corrected chi connectivity index (χ4v) is 9.10. The van der Waals surface area contributed by atoms with Gasteiger partial charge >= 0.3 is 0 Å². The quantitative estimate of drug-likeness (QED) is 0.125. The van der Waals surface area contributed by atoms with Gasteiger partial charge in [-0.1, -0.05) is 135 Å². The lowest BCUT2D eigenvalue weighted by atomic mass is 9.82. The molecule has 8 aromatic carbocycles. The summed E-state index contributed by atoms with van der Waals surface area (Å²) >= 11 is 0. The SMILES string of the molecule is CC1(C)c2ccccc2-c2ccc(N(c3ccc(-c4ccccc4)cc3)c3ccc(-c4ccc(-n5c(=O)c6ccccc6n6c(=O)c7ccccc7nc56)cc4)cc3)cc21. The maximum absolute atomic E-state index is 14.1. The van der Waals surface area contributed by atoms with Gasteiger partial charge in [0.15, 0.2) is 0 Å². The third kappa shape index (κ3) is 5.52. The Hall–Kier alpha value is -7.83. The van der Waals surface area contributed by atoms with Gasteiger partial charge in [-0.3, -0.25) is 9.59 Å². The highest BCUT2D eigenvalue weighted by Gasteiger charge is 2.35. The molecule has 0 spiro atoms. The van der Waals surface area contributed by atoms with Crippen LogP contribution < -0.4 is 16.0 Å². The highest BCUT2D eigenvalue weighted by molar-refractivity contribution is 5.88. The summed E-state index contributed by atoms with van der Waals surface area (Å²) in [6.07, 6.45) is 0. The van der Waals surface area contributed by atoms with Gasteiger partial charge < -0.3 is 4.90 Å². The zero-order valence-electron chi connectivity index (χ0n) is 33.1. The summed E-state index contributed by atoms with van der Waals surface area (Å²) in [5.74, 6) is 0.273. The smallest absolute Gasteiger partial charge is 0.267 e. The number of nitrogens with zero attached hydrogens (tertiary/aromatic N) is 4. The van der Waals surface area contributed by atoms with Crippen molar-refractivity contribution in [1.29, 1.82) is 0 Å². The lowest BCUT2D eigenvalue weighted by Crippen LogP contribution is -2.28. The van der Waals surface area contributed by atoms with Gasteiger partial charge in [-0.05, 0) is 117 Å². The summed E-state index contributed by atoms with van der Waals surface area (Å²) in [5.41, 5.74) is 13.9. The van der Waals surface area contributed by atoms with E-state index in [1.54, 1.807) is 33.2 Å². The third-order valence-electron chi connectivity index (χ3n) is 12.2. The average Bonchev–Trinajstić information content (AvgIpc) is 3.53. The van der Waals surface area contributed by atoms with Crippen molar-refractivity contribution in [2.24, 2.45) is 0 Å². The minimum atomic E-state index is -0.236. The normalized spacial score (nSPS) is 12.8. The second-order valence-electron chi connectivity index (χ2n) is 16.0. The number of hydrogen-bond acceptors (Lipinski definition) is 4. The molecule has 0 saturated carbocycles. The van der Waals surface area contributed by atoms with Crippen LogP contribution in [-0.4, -0.2) is 14.0 Å². The first kappa shape index (κ1) is 35.3. The van der Waals surface area contributed by atoms with Crippen molar-refractivity contribution in [3.05, 3.63) is 226 Å². The van der Waals surface area contributed by atoms with Gasteiger partial charge in [0.2, 0.25) is 5.78 Å². The van der Waals surface area contributed by atoms with Crippen molar-refractivity contribution >= 4 is 44.6 Å². The molecule has 11 rings (SSSR count). The summed E-state index contributed by atoms with van der Waals surface area (Å²) in [4.78, 5) is 35.2. The van der Waals surface area contributed by atoms with E-state index in [1.807, 2.05) is 54.6 Å². The largest absolute Gasteiger partial charge is 0.310 e. The molecule has 0 radical (unpaired) electrons. The fraction of sp³-hybridized carbons (Fsp3) is 0.0556. The van der Waals surface area contributed by atoms with Gasteiger partial charge in [0.25, 0.3) is 11.1 Å². The fourth-order valence-electron chi connectivity index (χ4n) is 9.10. The molecule has 1 aliphatic carbocycles. The van der Waals surface area contributed by atoms with Crippen molar-refractivity contribution in [3.8, 4) is 39.1 Å². The van der Waals surface area contributed by atoms with Crippen LogP contribution >= 0.6 is 0 Å². The molecule has 2 heterocycles. The molecular formula is C54H38N4O2. The first-order chi connectivity index (χ1) is 29.3. The number of benzene rings is 8. The molecule has 0 bridgehead atoms. The van der Waals surface area contributed by atoms with Crippen LogP contribution in [-0.2, 0) is 5.41 Å². The van der Waals surface area contributed by atoms with Gasteiger partial charge in [-0.15, -0.1) is 0 Å². The van der Waals surface area contributed by atoms with E-state index >= 15 is 0 Å². The van der Waals surface area contributed by atoms with Gasteiger partial charge in [0, 0.05) is 22.5 Å². The summed E-state index contributed by atoms with van der Waals surface area (Å²) in [7, 11) is 0. The Morgan fingerprint density at radius 3 is 1.70 bits per heavy atom. The summed E-state index contributed by atoms with van der Waals surface area (Å²) in [6.45, 7) is 4.63. The number of para-hydroxylation sites is 2. The molecule has 2 aromatic heterocycles. The van der Waals surface area contributed by atoms with Crippen LogP contribution in [0, 0.1) is 0 Å². The molecule has 6 heteroatoms. The molecule has 0 fully saturated rings. The molecule has 286 valence electrons. The molecule has 1 aliphatic rings. The maximum atomic E-state index is 14.1. The lowest BCUT2D eigenvalue weighted by Gasteiger charge is -2.28. The van der Waals surface area contributed by atoms with E-state index in [2.05, 4.69) is 134 Å².